The normalized spacial score (nSPS) is 19.2. The van der Waals surface area contributed by atoms with E-state index in [1.54, 1.807) is 12.1 Å². The zero-order valence-corrected chi connectivity index (χ0v) is 12.4. The molecule has 1 heterocycles. The number of carbonyl (C=O) groups is 2. The Balaban J connectivity index is 1.98. The third kappa shape index (κ3) is 4.37. The van der Waals surface area contributed by atoms with Crippen molar-refractivity contribution in [2.45, 2.75) is 19.4 Å². The first kappa shape index (κ1) is 15.7. The highest BCUT2D eigenvalue weighted by molar-refractivity contribution is 5.98. The number of ether oxygens (including phenoxy) is 1. The van der Waals surface area contributed by atoms with Crippen LogP contribution in [0.1, 0.15) is 23.7 Å². The first-order chi connectivity index (χ1) is 10.2. The van der Waals surface area contributed by atoms with Gasteiger partial charge in [0.15, 0.2) is 5.78 Å². The molecule has 0 bridgehead atoms. The Kier molecular flexibility index (Phi) is 5.90. The number of carbonyl (C=O) groups excluding carboxylic acids is 2. The van der Waals surface area contributed by atoms with E-state index in [4.69, 9.17) is 4.74 Å². The first-order valence-electron chi connectivity index (χ1n) is 7.40. The van der Waals surface area contributed by atoms with Gasteiger partial charge >= 0.3 is 0 Å². The van der Waals surface area contributed by atoms with Crippen LogP contribution in [0.15, 0.2) is 30.3 Å². The largest absolute Gasteiger partial charge is 0.378 e. The van der Waals surface area contributed by atoms with Gasteiger partial charge in [0.2, 0.25) is 5.91 Å². The zero-order valence-electron chi connectivity index (χ0n) is 12.4. The number of nitrogens with zero attached hydrogens (tertiary/aromatic N) is 1. The van der Waals surface area contributed by atoms with Crippen LogP contribution >= 0.6 is 0 Å². The molecule has 0 saturated carbocycles. The van der Waals surface area contributed by atoms with E-state index in [0.717, 1.165) is 6.42 Å². The number of rotatable bonds is 6. The fourth-order valence-corrected chi connectivity index (χ4v) is 2.33. The minimum absolute atomic E-state index is 0.0331. The highest BCUT2D eigenvalue weighted by atomic mass is 16.5. The molecule has 1 aromatic carbocycles. The van der Waals surface area contributed by atoms with E-state index in [9.17, 15) is 9.59 Å². The second kappa shape index (κ2) is 7.90. The molecule has 1 N–H and O–H groups in total. The maximum absolute atomic E-state index is 12.3. The molecule has 0 aliphatic carbocycles. The van der Waals surface area contributed by atoms with E-state index in [1.807, 2.05) is 30.0 Å². The summed E-state index contributed by atoms with van der Waals surface area (Å²) >= 11 is 0. The average molecular weight is 290 g/mol. The lowest BCUT2D eigenvalue weighted by molar-refractivity contribution is -0.132. The van der Waals surface area contributed by atoms with Gasteiger partial charge in [-0.25, -0.2) is 0 Å². The van der Waals surface area contributed by atoms with Crippen LogP contribution in [-0.4, -0.2) is 55.5 Å². The van der Waals surface area contributed by atoms with Crippen LogP contribution in [0.3, 0.4) is 0 Å². The van der Waals surface area contributed by atoms with Crippen molar-refractivity contribution in [2.24, 2.45) is 0 Å². The summed E-state index contributed by atoms with van der Waals surface area (Å²) in [6, 6.07) is 8.80. The van der Waals surface area contributed by atoms with Crippen LogP contribution in [0.2, 0.25) is 0 Å². The van der Waals surface area contributed by atoms with Gasteiger partial charge in [0.1, 0.15) is 6.04 Å². The summed E-state index contributed by atoms with van der Waals surface area (Å²) in [6.07, 6.45) is 0.891. The molecule has 1 amide bonds. The molecule has 0 spiro atoms. The van der Waals surface area contributed by atoms with Gasteiger partial charge in [-0.3, -0.25) is 14.5 Å². The van der Waals surface area contributed by atoms with E-state index in [2.05, 4.69) is 5.32 Å². The first-order valence-corrected chi connectivity index (χ1v) is 7.40. The third-order valence-electron chi connectivity index (χ3n) is 3.53. The van der Waals surface area contributed by atoms with Crippen LogP contribution < -0.4 is 5.32 Å². The van der Waals surface area contributed by atoms with Crippen molar-refractivity contribution < 1.29 is 14.3 Å². The summed E-state index contributed by atoms with van der Waals surface area (Å²) in [7, 11) is 0. The molecular formula is C16H22N2O3. The van der Waals surface area contributed by atoms with Gasteiger partial charge in [0.05, 0.1) is 19.8 Å². The Morgan fingerprint density at radius 1 is 1.33 bits per heavy atom. The lowest BCUT2D eigenvalue weighted by Crippen LogP contribution is -2.55. The van der Waals surface area contributed by atoms with Crippen LogP contribution in [0.25, 0.3) is 0 Å². The van der Waals surface area contributed by atoms with Crippen molar-refractivity contribution in [2.75, 3.05) is 32.8 Å². The maximum Gasteiger partial charge on any atom is 0.239 e. The highest BCUT2D eigenvalue weighted by Crippen LogP contribution is 2.10. The van der Waals surface area contributed by atoms with Gasteiger partial charge in [-0.15, -0.1) is 0 Å². The quantitative estimate of drug-likeness (QED) is 0.797. The number of morpholine rings is 1. The average Bonchev–Trinajstić information content (AvgIpc) is 2.54. The number of hydrogen-bond donors (Lipinski definition) is 1. The molecule has 5 nitrogen and oxygen atoms in total. The van der Waals surface area contributed by atoms with E-state index in [0.29, 0.717) is 31.9 Å². The fraction of sp³-hybridized carbons (Fsp3) is 0.500. The van der Waals surface area contributed by atoms with Crippen LogP contribution in [-0.2, 0) is 9.53 Å². The SMILES string of the molecule is CCCNC(=O)C1COCCN1CC(=O)c1ccccc1. The summed E-state index contributed by atoms with van der Waals surface area (Å²) < 4.78 is 5.39. The lowest BCUT2D eigenvalue weighted by atomic mass is 10.1. The van der Waals surface area contributed by atoms with Gasteiger partial charge < -0.3 is 10.1 Å². The molecule has 1 unspecified atom stereocenters. The predicted octanol–water partition coefficient (Wildman–Crippen LogP) is 1.10. The van der Waals surface area contributed by atoms with Crippen LogP contribution in [0.5, 0.6) is 0 Å². The van der Waals surface area contributed by atoms with Crippen LogP contribution in [0, 0.1) is 0 Å². The molecule has 0 radical (unpaired) electrons. The van der Waals surface area contributed by atoms with Crippen molar-refractivity contribution in [3.63, 3.8) is 0 Å². The molecule has 114 valence electrons. The number of benzene rings is 1. The second-order valence-electron chi connectivity index (χ2n) is 5.14. The lowest BCUT2D eigenvalue weighted by Gasteiger charge is -2.33. The Morgan fingerprint density at radius 2 is 2.10 bits per heavy atom. The highest BCUT2D eigenvalue weighted by Gasteiger charge is 2.30. The van der Waals surface area contributed by atoms with Crippen LogP contribution in [0.4, 0.5) is 0 Å². The summed E-state index contributed by atoms with van der Waals surface area (Å²) in [5.74, 6) is -0.0248. The van der Waals surface area contributed by atoms with E-state index in [-0.39, 0.29) is 24.3 Å². The smallest absolute Gasteiger partial charge is 0.239 e. The Labute approximate surface area is 125 Å². The summed E-state index contributed by atoms with van der Waals surface area (Å²) in [6.45, 7) is 4.40. The number of nitrogens with one attached hydrogen (secondary N) is 1. The monoisotopic (exact) mass is 290 g/mol. The molecule has 5 heteroatoms. The van der Waals surface area contributed by atoms with Crippen molar-refractivity contribution in [1.29, 1.82) is 0 Å². The van der Waals surface area contributed by atoms with Gasteiger partial charge in [-0.2, -0.15) is 0 Å². The maximum atomic E-state index is 12.3. The second-order valence-corrected chi connectivity index (χ2v) is 5.14. The minimum Gasteiger partial charge on any atom is -0.378 e. The Hall–Kier alpha value is -1.72. The molecule has 1 aliphatic rings. The Bertz CT molecular complexity index is 476. The molecule has 1 fully saturated rings. The molecule has 21 heavy (non-hydrogen) atoms. The summed E-state index contributed by atoms with van der Waals surface area (Å²) in [5.41, 5.74) is 0.678. The van der Waals surface area contributed by atoms with Gasteiger partial charge in [0.25, 0.3) is 0 Å². The summed E-state index contributed by atoms with van der Waals surface area (Å²) in [5, 5.41) is 2.87. The number of amides is 1. The van der Waals surface area contributed by atoms with Gasteiger partial charge in [-0.1, -0.05) is 37.3 Å². The third-order valence-corrected chi connectivity index (χ3v) is 3.53. The number of hydrogen-bond acceptors (Lipinski definition) is 4. The molecule has 0 aromatic heterocycles. The number of Topliss-reactive ketones (excluding diaryl/α,β-unsaturated/α-hetero) is 1. The van der Waals surface area contributed by atoms with Crippen molar-refractivity contribution in [1.82, 2.24) is 10.2 Å². The van der Waals surface area contributed by atoms with E-state index >= 15 is 0 Å². The molecular weight excluding hydrogens is 268 g/mol. The summed E-state index contributed by atoms with van der Waals surface area (Å²) in [4.78, 5) is 26.3. The van der Waals surface area contributed by atoms with Gasteiger partial charge in [-0.05, 0) is 6.42 Å². The van der Waals surface area contributed by atoms with E-state index < -0.39 is 0 Å². The zero-order chi connectivity index (χ0) is 15.1. The molecule has 1 aliphatic heterocycles. The molecule has 2 rings (SSSR count). The molecule has 1 saturated heterocycles. The standard InChI is InChI=1S/C16H22N2O3/c1-2-8-17-16(20)14-12-21-10-9-18(14)11-15(19)13-6-4-3-5-7-13/h3-7,14H,2,8-12H2,1H3,(H,17,20). The predicted molar refractivity (Wildman–Crippen MR) is 80.3 cm³/mol. The number of ketones is 1. The molecule has 1 atom stereocenters. The van der Waals surface area contributed by atoms with Crippen molar-refractivity contribution in [3.8, 4) is 0 Å². The minimum atomic E-state index is -0.377. The topological polar surface area (TPSA) is 58.6 Å². The van der Waals surface area contributed by atoms with Crippen molar-refractivity contribution in [3.05, 3.63) is 35.9 Å². The fourth-order valence-electron chi connectivity index (χ4n) is 2.33. The molecule has 1 aromatic rings. The van der Waals surface area contributed by atoms with Gasteiger partial charge in [0, 0.05) is 18.7 Å². The Morgan fingerprint density at radius 3 is 2.81 bits per heavy atom. The van der Waals surface area contributed by atoms with E-state index in [1.165, 1.54) is 0 Å². The van der Waals surface area contributed by atoms with Crippen molar-refractivity contribution >= 4 is 11.7 Å².